The maximum atomic E-state index is 15.2. The number of carbonyl (C=O) groups is 1. The summed E-state index contributed by atoms with van der Waals surface area (Å²) >= 11 is 12.0. The van der Waals surface area contributed by atoms with E-state index in [1.807, 2.05) is 6.92 Å². The van der Waals surface area contributed by atoms with Gasteiger partial charge in [0.2, 0.25) is 0 Å². The molecular formula is C23H24Cl2F2N2O3. The van der Waals surface area contributed by atoms with Gasteiger partial charge >= 0.3 is 5.97 Å². The molecule has 0 radical (unpaired) electrons. The molecule has 0 saturated carbocycles. The molecule has 4 rings (SSSR count). The Kier molecular flexibility index (Phi) is 6.24. The predicted molar refractivity (Wildman–Crippen MR) is 118 cm³/mol. The van der Waals surface area contributed by atoms with Crippen LogP contribution in [0.25, 0.3) is 0 Å². The molecule has 9 heteroatoms. The highest BCUT2D eigenvalue weighted by atomic mass is 35.5. The molecule has 2 aromatic carbocycles. The summed E-state index contributed by atoms with van der Waals surface area (Å²) in [4.78, 5) is 12.3. The molecule has 2 heterocycles. The lowest BCUT2D eigenvalue weighted by Gasteiger charge is -2.46. The van der Waals surface area contributed by atoms with Gasteiger partial charge in [0.05, 0.1) is 23.8 Å². The molecule has 32 heavy (non-hydrogen) atoms. The van der Waals surface area contributed by atoms with E-state index in [4.69, 9.17) is 33.7 Å². The first-order valence-corrected chi connectivity index (χ1v) is 11.1. The van der Waals surface area contributed by atoms with Gasteiger partial charge in [0.15, 0.2) is 0 Å². The van der Waals surface area contributed by atoms with Crippen LogP contribution in [-0.2, 0) is 15.1 Å². The molecule has 2 saturated heterocycles. The average molecular weight is 485 g/mol. The highest BCUT2D eigenvalue weighted by Gasteiger charge is 2.60. The van der Waals surface area contributed by atoms with Crippen LogP contribution < -0.4 is 11.1 Å². The monoisotopic (exact) mass is 484 g/mol. The highest BCUT2D eigenvalue weighted by Crippen LogP contribution is 2.51. The minimum atomic E-state index is -1.60. The molecule has 0 amide bonds. The summed E-state index contributed by atoms with van der Waals surface area (Å²) in [6, 6.07) is 6.48. The van der Waals surface area contributed by atoms with Crippen LogP contribution in [0, 0.1) is 17.0 Å². The summed E-state index contributed by atoms with van der Waals surface area (Å²) in [6.07, 6.45) is 1.21. The lowest BCUT2D eigenvalue weighted by molar-refractivity contribution is -0.139. The first-order valence-electron chi connectivity index (χ1n) is 10.4. The molecule has 5 nitrogen and oxygen atoms in total. The van der Waals surface area contributed by atoms with Crippen LogP contribution in [0.2, 0.25) is 10.0 Å². The number of ether oxygens (including phenoxy) is 1. The summed E-state index contributed by atoms with van der Waals surface area (Å²) in [6.45, 7) is 3.00. The molecule has 0 aliphatic carbocycles. The van der Waals surface area contributed by atoms with Gasteiger partial charge in [-0.15, -0.1) is 0 Å². The van der Waals surface area contributed by atoms with E-state index in [0.717, 1.165) is 12.5 Å². The Hall–Kier alpha value is -1.77. The van der Waals surface area contributed by atoms with Gasteiger partial charge in [0.1, 0.15) is 17.7 Å². The van der Waals surface area contributed by atoms with E-state index in [0.29, 0.717) is 19.6 Å². The molecule has 0 unspecified atom stereocenters. The molecule has 172 valence electrons. The quantitative estimate of drug-likeness (QED) is 0.563. The molecule has 4 N–H and O–H groups in total. The Morgan fingerprint density at radius 1 is 1.28 bits per heavy atom. The van der Waals surface area contributed by atoms with Gasteiger partial charge in [0.25, 0.3) is 0 Å². The van der Waals surface area contributed by atoms with Gasteiger partial charge in [0, 0.05) is 28.0 Å². The number of nitrogens with two attached hydrogens (primary N) is 1. The summed E-state index contributed by atoms with van der Waals surface area (Å²) < 4.78 is 35.8. The number of benzene rings is 2. The fourth-order valence-electron chi connectivity index (χ4n) is 5.07. The number of carboxylic acid groups (broad SMARTS) is 1. The number of hydrogen-bond donors (Lipinski definition) is 3. The van der Waals surface area contributed by atoms with Crippen molar-refractivity contribution in [3.63, 3.8) is 0 Å². The van der Waals surface area contributed by atoms with Crippen molar-refractivity contribution in [1.82, 2.24) is 5.32 Å². The number of rotatable bonds is 6. The number of aliphatic carboxylic acids is 1. The Labute approximate surface area is 194 Å². The Morgan fingerprint density at radius 2 is 2.00 bits per heavy atom. The van der Waals surface area contributed by atoms with Crippen LogP contribution in [-0.4, -0.2) is 36.4 Å². The van der Waals surface area contributed by atoms with Gasteiger partial charge in [-0.3, -0.25) is 10.1 Å². The number of halogens is 4. The lowest BCUT2D eigenvalue weighted by atomic mass is 9.66. The topological polar surface area (TPSA) is 84.6 Å². The smallest absolute Gasteiger partial charge is 0.321 e. The number of hydrogen-bond acceptors (Lipinski definition) is 4. The van der Waals surface area contributed by atoms with Gasteiger partial charge in [-0.2, -0.15) is 0 Å². The van der Waals surface area contributed by atoms with Crippen molar-refractivity contribution in [2.45, 2.75) is 43.3 Å². The molecular weight excluding hydrogens is 461 g/mol. The van der Waals surface area contributed by atoms with Gasteiger partial charge in [-0.05, 0) is 36.6 Å². The maximum absolute atomic E-state index is 15.2. The second kappa shape index (κ2) is 8.54. The van der Waals surface area contributed by atoms with E-state index in [1.54, 1.807) is 0 Å². The van der Waals surface area contributed by atoms with E-state index in [1.165, 1.54) is 30.3 Å². The molecule has 0 spiro atoms. The Bertz CT molecular complexity index is 1040. The number of carboxylic acids is 1. The molecule has 2 aromatic rings. The van der Waals surface area contributed by atoms with Gasteiger partial charge in [-0.25, -0.2) is 8.78 Å². The van der Waals surface area contributed by atoms with Crippen molar-refractivity contribution in [2.75, 3.05) is 13.2 Å². The largest absolute Gasteiger partial charge is 0.480 e. The second-order valence-electron chi connectivity index (χ2n) is 8.76. The molecule has 2 aliphatic heterocycles. The van der Waals surface area contributed by atoms with Gasteiger partial charge in [-0.1, -0.05) is 48.3 Å². The van der Waals surface area contributed by atoms with Crippen LogP contribution in [0.3, 0.4) is 0 Å². The zero-order valence-corrected chi connectivity index (χ0v) is 18.9. The third-order valence-electron chi connectivity index (χ3n) is 6.99. The van der Waals surface area contributed by atoms with Crippen molar-refractivity contribution < 1.29 is 23.4 Å². The second-order valence-corrected chi connectivity index (χ2v) is 9.61. The minimum absolute atomic E-state index is 0.0205. The Balaban J connectivity index is 1.93. The fraction of sp³-hybridized carbons (Fsp3) is 0.435. The van der Waals surface area contributed by atoms with Gasteiger partial charge < -0.3 is 15.6 Å². The van der Waals surface area contributed by atoms with Crippen LogP contribution in [0.5, 0.6) is 0 Å². The first-order chi connectivity index (χ1) is 15.1. The van der Waals surface area contributed by atoms with Crippen molar-refractivity contribution >= 4 is 29.2 Å². The highest BCUT2D eigenvalue weighted by molar-refractivity contribution is 6.31. The summed E-state index contributed by atoms with van der Waals surface area (Å²) in [7, 11) is 0. The Morgan fingerprint density at radius 3 is 2.56 bits per heavy atom. The predicted octanol–water partition coefficient (Wildman–Crippen LogP) is 4.45. The lowest BCUT2D eigenvalue weighted by Crippen LogP contribution is -2.56. The molecule has 2 fully saturated rings. The van der Waals surface area contributed by atoms with Crippen LogP contribution in [0.15, 0.2) is 36.4 Å². The molecule has 0 bridgehead atoms. The molecule has 2 aliphatic rings. The fourth-order valence-corrected chi connectivity index (χ4v) is 5.41. The molecule has 0 aromatic heterocycles. The zero-order chi connectivity index (χ0) is 23.3. The maximum Gasteiger partial charge on any atom is 0.321 e. The summed E-state index contributed by atoms with van der Waals surface area (Å²) in [5.74, 6) is -3.79. The third kappa shape index (κ3) is 3.70. The van der Waals surface area contributed by atoms with Crippen molar-refractivity contribution in [2.24, 2.45) is 11.1 Å². The van der Waals surface area contributed by atoms with E-state index < -0.39 is 41.1 Å². The van der Waals surface area contributed by atoms with E-state index in [-0.39, 0.29) is 26.6 Å². The van der Waals surface area contributed by atoms with Crippen LogP contribution in [0.4, 0.5) is 8.78 Å². The van der Waals surface area contributed by atoms with Crippen molar-refractivity contribution in [1.29, 1.82) is 0 Å². The minimum Gasteiger partial charge on any atom is -0.480 e. The normalized spacial score (nSPS) is 29.0. The summed E-state index contributed by atoms with van der Waals surface area (Å²) in [5, 5.41) is 13.1. The van der Waals surface area contributed by atoms with E-state index in [2.05, 4.69) is 5.32 Å². The first kappa shape index (κ1) is 23.4. The van der Waals surface area contributed by atoms with E-state index >= 15 is 8.78 Å². The standard InChI is InChI=1S/C23H24Cl2F2N2O3/c1-2-22(10-32-11-22)9-17-23(28,14-7-6-12(24)8-16(14)26)18(20(29-17)21(30)31)13-4-3-5-15(25)19(13)27/h3-8,17-18,20,29H,2,9-11,28H2,1H3,(H,30,31)/t17-,18-,20+,23+/m0/s1. The van der Waals surface area contributed by atoms with E-state index in [9.17, 15) is 9.90 Å². The summed E-state index contributed by atoms with van der Waals surface area (Å²) in [5.41, 5.74) is 5.25. The van der Waals surface area contributed by atoms with Crippen LogP contribution >= 0.6 is 23.2 Å². The van der Waals surface area contributed by atoms with Crippen molar-refractivity contribution in [3.05, 3.63) is 69.2 Å². The third-order valence-corrected chi connectivity index (χ3v) is 7.52. The van der Waals surface area contributed by atoms with Crippen molar-refractivity contribution in [3.8, 4) is 0 Å². The number of nitrogens with one attached hydrogen (secondary N) is 1. The average Bonchev–Trinajstić information content (AvgIpc) is 3.00. The SMILES string of the molecule is CCC1(C[C@@H]2N[C@@H](C(=O)O)[C@H](c3cccc(Cl)c3F)[C@@]2(N)c2ccc(Cl)cc2F)COC1. The van der Waals surface area contributed by atoms with Crippen LogP contribution in [0.1, 0.15) is 36.8 Å². The molecule has 4 atom stereocenters. The zero-order valence-electron chi connectivity index (χ0n) is 17.4.